The summed E-state index contributed by atoms with van der Waals surface area (Å²) < 4.78 is 5.14. The number of amides is 2. The molecule has 1 aliphatic carbocycles. The van der Waals surface area contributed by atoms with Gasteiger partial charge in [-0.05, 0) is 48.6 Å². The number of para-hydroxylation sites is 1. The standard InChI is InChI=1S/C29H26N4O3/c1-19-17-25(36-31-19)28(34)32-13-15-33(16-14-32)29(35)26-22-9-5-6-10-24(22)30-27-21(11-12-23(26)27)18-20-7-3-2-4-8-20/h2-10,17-18H,11-16H2,1H3/b21-18-. The number of hydrogen-bond donors (Lipinski definition) is 0. The van der Waals surface area contributed by atoms with Gasteiger partial charge in [-0.1, -0.05) is 53.7 Å². The maximum atomic E-state index is 13.9. The van der Waals surface area contributed by atoms with Crippen LogP contribution in [0.4, 0.5) is 0 Å². The summed E-state index contributed by atoms with van der Waals surface area (Å²) in [6.45, 7) is 3.63. The number of aromatic nitrogens is 2. The van der Waals surface area contributed by atoms with Gasteiger partial charge in [0.25, 0.3) is 11.8 Å². The number of carbonyl (C=O) groups is 2. The Hall–Kier alpha value is -4.26. The molecule has 1 saturated heterocycles. The first kappa shape index (κ1) is 22.2. The van der Waals surface area contributed by atoms with E-state index in [0.29, 0.717) is 31.9 Å². The minimum Gasteiger partial charge on any atom is -0.351 e. The summed E-state index contributed by atoms with van der Waals surface area (Å²) >= 11 is 0. The highest BCUT2D eigenvalue weighted by Gasteiger charge is 2.32. The lowest BCUT2D eigenvalue weighted by atomic mass is 9.99. The van der Waals surface area contributed by atoms with Crippen LogP contribution in [-0.4, -0.2) is 57.9 Å². The Morgan fingerprint density at radius 1 is 0.889 bits per heavy atom. The van der Waals surface area contributed by atoms with Crippen molar-refractivity contribution in [1.82, 2.24) is 19.9 Å². The summed E-state index contributed by atoms with van der Waals surface area (Å²) in [5.74, 6) is 0.0602. The topological polar surface area (TPSA) is 79.5 Å². The molecule has 1 aliphatic heterocycles. The predicted molar refractivity (Wildman–Crippen MR) is 137 cm³/mol. The maximum absolute atomic E-state index is 13.9. The summed E-state index contributed by atoms with van der Waals surface area (Å²) in [5, 5.41) is 4.70. The second kappa shape index (κ2) is 9.07. The molecule has 7 heteroatoms. The van der Waals surface area contributed by atoms with Crippen molar-refractivity contribution in [1.29, 1.82) is 0 Å². The molecule has 2 amide bonds. The van der Waals surface area contributed by atoms with Crippen molar-refractivity contribution in [3.05, 3.63) is 94.5 Å². The van der Waals surface area contributed by atoms with Crippen LogP contribution in [0.2, 0.25) is 0 Å². The van der Waals surface area contributed by atoms with Crippen molar-refractivity contribution in [3.63, 3.8) is 0 Å². The van der Waals surface area contributed by atoms with Gasteiger partial charge < -0.3 is 14.3 Å². The highest BCUT2D eigenvalue weighted by molar-refractivity contribution is 6.09. The van der Waals surface area contributed by atoms with E-state index in [2.05, 4.69) is 23.4 Å². The summed E-state index contributed by atoms with van der Waals surface area (Å²) in [5.41, 5.74) is 6.49. The van der Waals surface area contributed by atoms with Gasteiger partial charge in [0.2, 0.25) is 5.76 Å². The number of nitrogens with zero attached hydrogens (tertiary/aromatic N) is 4. The second-order valence-electron chi connectivity index (χ2n) is 9.33. The molecule has 0 spiro atoms. The van der Waals surface area contributed by atoms with Crippen molar-refractivity contribution in [3.8, 4) is 0 Å². The van der Waals surface area contributed by atoms with Crippen LogP contribution in [0.1, 0.15) is 49.8 Å². The minimum absolute atomic E-state index is 0.00780. The van der Waals surface area contributed by atoms with Crippen LogP contribution in [0.3, 0.4) is 0 Å². The van der Waals surface area contributed by atoms with E-state index in [-0.39, 0.29) is 17.6 Å². The number of benzene rings is 2. The molecule has 2 aliphatic rings. The number of rotatable bonds is 3. The van der Waals surface area contributed by atoms with Crippen molar-refractivity contribution in [2.45, 2.75) is 19.8 Å². The van der Waals surface area contributed by atoms with E-state index in [1.165, 1.54) is 0 Å². The fraction of sp³-hybridized carbons (Fsp3) is 0.241. The van der Waals surface area contributed by atoms with Gasteiger partial charge in [0.05, 0.1) is 22.5 Å². The Balaban J connectivity index is 1.30. The van der Waals surface area contributed by atoms with Gasteiger partial charge in [-0.25, -0.2) is 4.98 Å². The monoisotopic (exact) mass is 478 g/mol. The van der Waals surface area contributed by atoms with E-state index in [4.69, 9.17) is 9.51 Å². The molecule has 4 aromatic rings. The average molecular weight is 479 g/mol. The summed E-state index contributed by atoms with van der Waals surface area (Å²) in [6, 6.07) is 19.7. The SMILES string of the molecule is Cc1cc(C(=O)N2CCN(C(=O)c3c4c(nc5ccccc35)/C(=C\c3ccccc3)CC4)CC2)on1. The van der Waals surface area contributed by atoms with Crippen LogP contribution >= 0.6 is 0 Å². The molecule has 7 nitrogen and oxygen atoms in total. The van der Waals surface area contributed by atoms with Crippen LogP contribution in [-0.2, 0) is 6.42 Å². The molecule has 2 aromatic heterocycles. The number of allylic oxidation sites excluding steroid dienone is 1. The Morgan fingerprint density at radius 3 is 2.31 bits per heavy atom. The molecule has 0 saturated carbocycles. The lowest BCUT2D eigenvalue weighted by Gasteiger charge is -2.34. The summed E-state index contributed by atoms with van der Waals surface area (Å²) in [7, 11) is 0. The highest BCUT2D eigenvalue weighted by Crippen LogP contribution is 2.38. The third-order valence-corrected chi connectivity index (χ3v) is 6.99. The van der Waals surface area contributed by atoms with E-state index in [1.54, 1.807) is 17.9 Å². The molecular formula is C29H26N4O3. The molecule has 1 fully saturated rings. The Labute approximate surface area is 209 Å². The largest absolute Gasteiger partial charge is 0.351 e. The molecule has 0 atom stereocenters. The van der Waals surface area contributed by atoms with Gasteiger partial charge in [-0.2, -0.15) is 0 Å². The Bertz CT molecular complexity index is 1500. The minimum atomic E-state index is -0.186. The van der Waals surface area contributed by atoms with E-state index in [0.717, 1.165) is 51.7 Å². The van der Waals surface area contributed by atoms with Crippen molar-refractivity contribution < 1.29 is 14.1 Å². The van der Waals surface area contributed by atoms with Gasteiger partial charge >= 0.3 is 0 Å². The lowest BCUT2D eigenvalue weighted by molar-refractivity contribution is 0.0513. The van der Waals surface area contributed by atoms with Gasteiger partial charge in [0.1, 0.15) is 0 Å². The van der Waals surface area contributed by atoms with E-state index < -0.39 is 0 Å². The number of hydrogen-bond acceptors (Lipinski definition) is 5. The second-order valence-corrected chi connectivity index (χ2v) is 9.33. The van der Waals surface area contributed by atoms with Crippen molar-refractivity contribution >= 4 is 34.4 Å². The lowest BCUT2D eigenvalue weighted by Crippen LogP contribution is -2.50. The highest BCUT2D eigenvalue weighted by atomic mass is 16.5. The maximum Gasteiger partial charge on any atom is 0.292 e. The molecule has 0 radical (unpaired) electrons. The predicted octanol–water partition coefficient (Wildman–Crippen LogP) is 4.62. The molecular weight excluding hydrogens is 452 g/mol. The fourth-order valence-corrected chi connectivity index (χ4v) is 5.16. The van der Waals surface area contributed by atoms with Crippen molar-refractivity contribution in [2.75, 3.05) is 26.2 Å². The number of aryl methyl sites for hydroxylation is 1. The summed E-state index contributed by atoms with van der Waals surface area (Å²) in [4.78, 5) is 35.2. The normalized spacial score (nSPS) is 16.5. The van der Waals surface area contributed by atoms with Gasteiger partial charge in [-0.15, -0.1) is 0 Å². The molecule has 3 heterocycles. The molecule has 180 valence electrons. The van der Waals surface area contributed by atoms with Crippen LogP contribution in [0.25, 0.3) is 22.6 Å². The smallest absolute Gasteiger partial charge is 0.292 e. The fourth-order valence-electron chi connectivity index (χ4n) is 5.16. The molecule has 36 heavy (non-hydrogen) atoms. The van der Waals surface area contributed by atoms with E-state index in [1.807, 2.05) is 47.4 Å². The van der Waals surface area contributed by atoms with Crippen LogP contribution in [0.5, 0.6) is 0 Å². The van der Waals surface area contributed by atoms with Gasteiger partial charge in [-0.3, -0.25) is 9.59 Å². The molecule has 2 aromatic carbocycles. The first-order chi connectivity index (χ1) is 17.6. The number of fused-ring (bicyclic) bond motifs is 2. The molecule has 0 N–H and O–H groups in total. The number of pyridine rings is 1. The van der Waals surface area contributed by atoms with Crippen molar-refractivity contribution in [2.24, 2.45) is 0 Å². The first-order valence-corrected chi connectivity index (χ1v) is 12.3. The quantitative estimate of drug-likeness (QED) is 0.429. The third kappa shape index (κ3) is 3.96. The molecule has 0 bridgehead atoms. The Morgan fingerprint density at radius 2 is 1.58 bits per heavy atom. The first-order valence-electron chi connectivity index (χ1n) is 12.3. The van der Waals surface area contributed by atoms with Crippen LogP contribution in [0, 0.1) is 6.92 Å². The third-order valence-electron chi connectivity index (χ3n) is 6.99. The van der Waals surface area contributed by atoms with E-state index in [9.17, 15) is 9.59 Å². The average Bonchev–Trinajstić information content (AvgIpc) is 3.53. The Kier molecular flexibility index (Phi) is 5.60. The molecule has 6 rings (SSSR count). The zero-order chi connectivity index (χ0) is 24.6. The zero-order valence-corrected chi connectivity index (χ0v) is 20.1. The van der Waals surface area contributed by atoms with E-state index >= 15 is 0 Å². The van der Waals surface area contributed by atoms with Gasteiger partial charge in [0.15, 0.2) is 0 Å². The number of carbonyl (C=O) groups excluding carboxylic acids is 2. The number of piperazine rings is 1. The molecule has 0 unspecified atom stereocenters. The van der Waals surface area contributed by atoms with Gasteiger partial charge in [0, 0.05) is 37.6 Å². The zero-order valence-electron chi connectivity index (χ0n) is 20.1. The van der Waals surface area contributed by atoms with Crippen LogP contribution in [0.15, 0.2) is 65.2 Å². The van der Waals surface area contributed by atoms with Crippen LogP contribution < -0.4 is 0 Å². The summed E-state index contributed by atoms with van der Waals surface area (Å²) in [6.07, 6.45) is 3.82.